The van der Waals surface area contributed by atoms with Crippen molar-refractivity contribution >= 4 is 27.3 Å². The molecule has 1 heterocycles. The van der Waals surface area contributed by atoms with Gasteiger partial charge in [-0.25, -0.2) is 0 Å². The third-order valence-electron chi connectivity index (χ3n) is 2.53. The van der Waals surface area contributed by atoms with E-state index in [1.165, 1.54) is 4.88 Å². The van der Waals surface area contributed by atoms with Gasteiger partial charge < -0.3 is 9.84 Å². The summed E-state index contributed by atoms with van der Waals surface area (Å²) < 4.78 is 6.66. The third-order valence-corrected chi connectivity index (χ3v) is 4.17. The van der Waals surface area contributed by atoms with E-state index in [0.29, 0.717) is 19.4 Å². The van der Waals surface area contributed by atoms with Crippen LogP contribution in [-0.2, 0) is 6.42 Å². The van der Waals surface area contributed by atoms with Crippen molar-refractivity contribution in [2.45, 2.75) is 18.9 Å². The Hall–Kier alpha value is -0.840. The van der Waals surface area contributed by atoms with Crippen LogP contribution in [0.2, 0.25) is 0 Å². The smallest absolute Gasteiger partial charge is 0.119 e. The third kappa shape index (κ3) is 4.44. The van der Waals surface area contributed by atoms with Gasteiger partial charge in [-0.1, -0.05) is 18.2 Å². The summed E-state index contributed by atoms with van der Waals surface area (Å²) in [6.07, 6.45) is 0.984. The van der Waals surface area contributed by atoms with Crippen LogP contribution in [0.25, 0.3) is 0 Å². The predicted octanol–water partition coefficient (Wildman–Crippen LogP) is 3.88. The van der Waals surface area contributed by atoms with Crippen LogP contribution in [-0.4, -0.2) is 17.8 Å². The highest BCUT2D eigenvalue weighted by Gasteiger charge is 2.07. The fourth-order valence-corrected chi connectivity index (χ4v) is 3.18. The molecule has 2 rings (SSSR count). The fourth-order valence-electron chi connectivity index (χ4n) is 1.63. The zero-order valence-corrected chi connectivity index (χ0v) is 12.3. The maximum Gasteiger partial charge on any atom is 0.119 e. The molecule has 0 fully saturated rings. The molecule has 1 unspecified atom stereocenters. The molecule has 4 heteroatoms. The maximum absolute atomic E-state index is 9.90. The van der Waals surface area contributed by atoms with E-state index in [9.17, 15) is 5.11 Å². The van der Waals surface area contributed by atoms with Crippen LogP contribution in [0.1, 0.15) is 11.3 Å². The highest BCUT2D eigenvalue weighted by molar-refractivity contribution is 9.11. The van der Waals surface area contributed by atoms with Crippen LogP contribution >= 0.6 is 27.3 Å². The number of aliphatic hydroxyl groups is 1. The average Bonchev–Trinajstić information content (AvgIpc) is 2.76. The monoisotopic (exact) mass is 326 g/mol. The topological polar surface area (TPSA) is 29.5 Å². The standard InChI is InChI=1S/C14H15BrO2S/c15-14-7-6-13(18-14)10-11(16)8-9-17-12-4-2-1-3-5-12/h1-7,11,16H,8-10H2. The molecule has 0 aliphatic carbocycles. The molecule has 1 aromatic carbocycles. The zero-order chi connectivity index (χ0) is 12.8. The summed E-state index contributed by atoms with van der Waals surface area (Å²) in [5, 5.41) is 9.90. The van der Waals surface area contributed by atoms with Gasteiger partial charge in [0.2, 0.25) is 0 Å². The number of thiophene rings is 1. The van der Waals surface area contributed by atoms with E-state index >= 15 is 0 Å². The molecule has 0 bridgehead atoms. The molecule has 0 saturated carbocycles. The second-order valence-electron chi connectivity index (χ2n) is 4.01. The van der Waals surface area contributed by atoms with Crippen LogP contribution in [0, 0.1) is 0 Å². The summed E-state index contributed by atoms with van der Waals surface area (Å²) in [5.41, 5.74) is 0. The van der Waals surface area contributed by atoms with Crippen LogP contribution in [0.15, 0.2) is 46.3 Å². The molecule has 0 spiro atoms. The minimum atomic E-state index is -0.348. The SMILES string of the molecule is OC(CCOc1ccccc1)Cc1ccc(Br)s1. The molecule has 0 aliphatic rings. The van der Waals surface area contributed by atoms with Gasteiger partial charge in [0.1, 0.15) is 5.75 Å². The number of rotatable bonds is 6. The van der Waals surface area contributed by atoms with Crippen LogP contribution in [0.3, 0.4) is 0 Å². The van der Waals surface area contributed by atoms with E-state index in [4.69, 9.17) is 4.74 Å². The molecule has 2 nitrogen and oxygen atoms in total. The molecule has 2 aromatic rings. The number of halogens is 1. The predicted molar refractivity (Wildman–Crippen MR) is 78.3 cm³/mol. The Bertz CT molecular complexity index is 470. The van der Waals surface area contributed by atoms with Gasteiger partial charge >= 0.3 is 0 Å². The average molecular weight is 327 g/mol. The summed E-state index contributed by atoms with van der Waals surface area (Å²) in [6.45, 7) is 0.539. The zero-order valence-electron chi connectivity index (χ0n) is 9.88. The molecule has 0 radical (unpaired) electrons. The highest BCUT2D eigenvalue weighted by Crippen LogP contribution is 2.23. The Morgan fingerprint density at radius 1 is 1.17 bits per heavy atom. The van der Waals surface area contributed by atoms with E-state index in [2.05, 4.69) is 15.9 Å². The van der Waals surface area contributed by atoms with Crippen molar-refractivity contribution in [1.29, 1.82) is 0 Å². The quantitative estimate of drug-likeness (QED) is 0.872. The van der Waals surface area contributed by atoms with Crippen molar-refractivity contribution in [2.75, 3.05) is 6.61 Å². The van der Waals surface area contributed by atoms with E-state index in [-0.39, 0.29) is 6.10 Å². The molecule has 96 valence electrons. The number of ether oxygens (including phenoxy) is 1. The highest BCUT2D eigenvalue weighted by atomic mass is 79.9. The number of hydrogen-bond donors (Lipinski definition) is 1. The van der Waals surface area contributed by atoms with Crippen molar-refractivity contribution in [3.63, 3.8) is 0 Å². The first kappa shape index (κ1) is 13.6. The largest absolute Gasteiger partial charge is 0.493 e. The van der Waals surface area contributed by atoms with E-state index < -0.39 is 0 Å². The van der Waals surface area contributed by atoms with Gasteiger partial charge in [0.15, 0.2) is 0 Å². The lowest BCUT2D eigenvalue weighted by molar-refractivity contribution is 0.140. The maximum atomic E-state index is 9.90. The summed E-state index contributed by atoms with van der Waals surface area (Å²) in [6, 6.07) is 13.7. The molecule has 0 aliphatic heterocycles. The van der Waals surface area contributed by atoms with Crippen LogP contribution in [0.4, 0.5) is 0 Å². The first-order valence-corrected chi connectivity index (χ1v) is 7.45. The molecular formula is C14H15BrO2S. The Kier molecular flexibility index (Phi) is 5.23. The summed E-state index contributed by atoms with van der Waals surface area (Å²) in [4.78, 5) is 1.19. The van der Waals surface area contributed by atoms with Gasteiger partial charge in [0, 0.05) is 17.7 Å². The van der Waals surface area contributed by atoms with Crippen molar-refractivity contribution in [1.82, 2.24) is 0 Å². The van der Waals surface area contributed by atoms with Crippen molar-refractivity contribution in [2.24, 2.45) is 0 Å². The lowest BCUT2D eigenvalue weighted by atomic mass is 10.2. The fraction of sp³-hybridized carbons (Fsp3) is 0.286. The molecule has 0 saturated heterocycles. The Morgan fingerprint density at radius 3 is 2.61 bits per heavy atom. The minimum absolute atomic E-state index is 0.348. The first-order chi connectivity index (χ1) is 8.74. The Morgan fingerprint density at radius 2 is 1.94 bits per heavy atom. The molecular weight excluding hydrogens is 312 g/mol. The Labute approximate surface area is 119 Å². The van der Waals surface area contributed by atoms with Gasteiger partial charge in [0.05, 0.1) is 16.5 Å². The lowest BCUT2D eigenvalue weighted by Crippen LogP contribution is -2.14. The van der Waals surface area contributed by atoms with Gasteiger partial charge in [-0.15, -0.1) is 11.3 Å². The van der Waals surface area contributed by atoms with Crippen molar-refractivity contribution in [3.8, 4) is 5.75 Å². The Balaban J connectivity index is 1.70. The molecule has 1 N–H and O–H groups in total. The van der Waals surface area contributed by atoms with E-state index in [0.717, 1.165) is 9.54 Å². The van der Waals surface area contributed by atoms with Crippen LogP contribution < -0.4 is 4.74 Å². The number of hydrogen-bond acceptors (Lipinski definition) is 3. The summed E-state index contributed by atoms with van der Waals surface area (Å²) in [5.74, 6) is 0.851. The van der Waals surface area contributed by atoms with Gasteiger partial charge in [-0.05, 0) is 40.2 Å². The van der Waals surface area contributed by atoms with E-state index in [1.807, 2.05) is 42.5 Å². The number of para-hydroxylation sites is 1. The van der Waals surface area contributed by atoms with Crippen LogP contribution in [0.5, 0.6) is 5.75 Å². The number of aliphatic hydroxyl groups excluding tert-OH is 1. The molecule has 1 aromatic heterocycles. The first-order valence-electron chi connectivity index (χ1n) is 5.84. The van der Waals surface area contributed by atoms with Crippen molar-refractivity contribution in [3.05, 3.63) is 51.1 Å². The van der Waals surface area contributed by atoms with Crippen molar-refractivity contribution < 1.29 is 9.84 Å². The molecule has 0 amide bonds. The van der Waals surface area contributed by atoms with Gasteiger partial charge in [0.25, 0.3) is 0 Å². The van der Waals surface area contributed by atoms with E-state index in [1.54, 1.807) is 11.3 Å². The lowest BCUT2D eigenvalue weighted by Gasteiger charge is -2.10. The summed E-state index contributed by atoms with van der Waals surface area (Å²) >= 11 is 5.08. The molecule has 18 heavy (non-hydrogen) atoms. The van der Waals surface area contributed by atoms with Gasteiger partial charge in [-0.2, -0.15) is 0 Å². The second-order valence-corrected chi connectivity index (χ2v) is 6.56. The number of benzene rings is 1. The van der Waals surface area contributed by atoms with Gasteiger partial charge in [-0.3, -0.25) is 0 Å². The second kappa shape index (κ2) is 6.92. The minimum Gasteiger partial charge on any atom is -0.493 e. The normalized spacial score (nSPS) is 12.3. The summed E-state index contributed by atoms with van der Waals surface area (Å²) in [7, 11) is 0. The molecule has 1 atom stereocenters.